The molecule has 0 saturated heterocycles. The van der Waals surface area contributed by atoms with Crippen molar-refractivity contribution in [3.63, 3.8) is 0 Å². The Hall–Kier alpha value is 0.170. The molecule has 0 aromatic carbocycles. The van der Waals surface area contributed by atoms with Crippen molar-refractivity contribution in [1.29, 1.82) is 0 Å². The van der Waals surface area contributed by atoms with Crippen molar-refractivity contribution in [3.8, 4) is 0 Å². The third kappa shape index (κ3) is 6.05. The Morgan fingerprint density at radius 1 is 1.67 bits per heavy atom. The van der Waals surface area contributed by atoms with Crippen molar-refractivity contribution in [3.05, 3.63) is 0 Å². The quantitative estimate of drug-likeness (QED) is 0.617. The molecule has 0 aromatic heterocycles. The summed E-state index contributed by atoms with van der Waals surface area (Å²) in [5.74, 6) is 0.967. The van der Waals surface area contributed by atoms with Gasteiger partial charge in [-0.25, -0.2) is 0 Å². The van der Waals surface area contributed by atoms with Gasteiger partial charge in [0.1, 0.15) is 0 Å². The largest absolute Gasteiger partial charge is 0.286 e. The van der Waals surface area contributed by atoms with Crippen molar-refractivity contribution in [2.75, 3.05) is 17.8 Å². The molecule has 0 aliphatic carbocycles. The summed E-state index contributed by atoms with van der Waals surface area (Å²) in [6, 6.07) is 0. The molecule has 0 saturated carbocycles. The summed E-state index contributed by atoms with van der Waals surface area (Å²) in [6.45, 7) is 1.90. The predicted octanol–water partition coefficient (Wildman–Crippen LogP) is 0.645. The third-order valence-electron chi connectivity index (χ3n) is 0.626. The number of carbonyl (C=O) groups excluding carboxylic acids is 1. The Kier molecular flexibility index (Phi) is 5.09. The lowest BCUT2D eigenvalue weighted by molar-refractivity contribution is -0.108. The van der Waals surface area contributed by atoms with E-state index in [1.165, 1.54) is 18.0 Å². The van der Waals surface area contributed by atoms with E-state index in [-0.39, 0.29) is 10.9 Å². The van der Waals surface area contributed by atoms with Crippen molar-refractivity contribution in [2.45, 2.75) is 6.92 Å². The van der Waals surface area contributed by atoms with Gasteiger partial charge in [-0.2, -0.15) is 0 Å². The first-order valence-electron chi connectivity index (χ1n) is 2.62. The number of thioether (sulfide) groups is 1. The van der Waals surface area contributed by atoms with Gasteiger partial charge in [-0.1, -0.05) is 18.7 Å². The SMILES string of the molecule is CCSC(=O)CS(C)=O. The molecule has 0 aromatic rings. The van der Waals surface area contributed by atoms with Crippen LogP contribution in [0.3, 0.4) is 0 Å². The van der Waals surface area contributed by atoms with Crippen LogP contribution in [-0.2, 0) is 15.6 Å². The second-order valence-corrected chi connectivity index (χ2v) is 4.28. The highest BCUT2D eigenvalue weighted by Crippen LogP contribution is 2.00. The molecule has 0 fully saturated rings. The van der Waals surface area contributed by atoms with Crippen LogP contribution in [0.25, 0.3) is 0 Å². The molecular formula is C5H10O2S2. The molecule has 0 aliphatic heterocycles. The zero-order chi connectivity index (χ0) is 7.28. The van der Waals surface area contributed by atoms with Crippen LogP contribution in [0.4, 0.5) is 0 Å². The first-order valence-corrected chi connectivity index (χ1v) is 5.33. The molecule has 1 unspecified atom stereocenters. The highest BCUT2D eigenvalue weighted by atomic mass is 32.2. The summed E-state index contributed by atoms with van der Waals surface area (Å²) in [5.41, 5.74) is 0. The van der Waals surface area contributed by atoms with Gasteiger partial charge in [-0.05, 0) is 5.75 Å². The molecule has 0 heterocycles. The number of hydrogen-bond donors (Lipinski definition) is 0. The fourth-order valence-electron chi connectivity index (χ4n) is 0.369. The average molecular weight is 166 g/mol. The van der Waals surface area contributed by atoms with Crippen LogP contribution >= 0.6 is 11.8 Å². The van der Waals surface area contributed by atoms with Gasteiger partial charge in [-0.15, -0.1) is 0 Å². The van der Waals surface area contributed by atoms with Crippen molar-refractivity contribution >= 4 is 27.7 Å². The molecule has 1 atom stereocenters. The van der Waals surface area contributed by atoms with Crippen molar-refractivity contribution in [2.24, 2.45) is 0 Å². The van der Waals surface area contributed by atoms with E-state index in [1.54, 1.807) is 0 Å². The second kappa shape index (κ2) is 4.99. The van der Waals surface area contributed by atoms with E-state index in [9.17, 15) is 9.00 Å². The van der Waals surface area contributed by atoms with Gasteiger partial charge in [0.05, 0.1) is 5.75 Å². The highest BCUT2D eigenvalue weighted by molar-refractivity contribution is 8.14. The van der Waals surface area contributed by atoms with Gasteiger partial charge < -0.3 is 0 Å². The standard InChI is InChI=1S/C5H10O2S2/c1-3-8-5(6)4-9(2)7/h3-4H2,1-2H3. The van der Waals surface area contributed by atoms with Gasteiger partial charge in [-0.3, -0.25) is 9.00 Å². The normalized spacial score (nSPS) is 13.1. The fourth-order valence-corrected chi connectivity index (χ4v) is 1.85. The fraction of sp³-hybridized carbons (Fsp3) is 0.800. The van der Waals surface area contributed by atoms with E-state index in [0.717, 1.165) is 5.75 Å². The smallest absolute Gasteiger partial charge is 0.201 e. The zero-order valence-electron chi connectivity index (χ0n) is 5.55. The van der Waals surface area contributed by atoms with Gasteiger partial charge in [0.15, 0.2) is 0 Å². The Bertz CT molecular complexity index is 122. The van der Waals surface area contributed by atoms with E-state index >= 15 is 0 Å². The maximum absolute atomic E-state index is 10.6. The number of carbonyl (C=O) groups is 1. The maximum atomic E-state index is 10.6. The highest BCUT2D eigenvalue weighted by Gasteiger charge is 2.01. The minimum Gasteiger partial charge on any atom is -0.286 e. The number of hydrogen-bond acceptors (Lipinski definition) is 3. The van der Waals surface area contributed by atoms with Crippen LogP contribution in [0, 0.1) is 0 Å². The number of rotatable bonds is 3. The van der Waals surface area contributed by atoms with E-state index in [2.05, 4.69) is 0 Å². The Morgan fingerprint density at radius 3 is 2.56 bits per heavy atom. The Morgan fingerprint density at radius 2 is 2.22 bits per heavy atom. The van der Waals surface area contributed by atoms with Crippen LogP contribution in [0.5, 0.6) is 0 Å². The maximum Gasteiger partial charge on any atom is 0.201 e. The van der Waals surface area contributed by atoms with Crippen LogP contribution in [-0.4, -0.2) is 27.1 Å². The molecule has 0 rings (SSSR count). The topological polar surface area (TPSA) is 34.1 Å². The van der Waals surface area contributed by atoms with Gasteiger partial charge in [0.25, 0.3) is 0 Å². The molecular weight excluding hydrogens is 156 g/mol. The lowest BCUT2D eigenvalue weighted by Crippen LogP contribution is -2.04. The minimum atomic E-state index is -0.968. The molecule has 0 bridgehead atoms. The van der Waals surface area contributed by atoms with Crippen LogP contribution in [0.1, 0.15) is 6.92 Å². The molecule has 0 aliphatic rings. The first kappa shape index (κ1) is 9.17. The van der Waals surface area contributed by atoms with E-state index in [0.29, 0.717) is 0 Å². The molecule has 4 heteroatoms. The molecule has 54 valence electrons. The van der Waals surface area contributed by atoms with Crippen molar-refractivity contribution < 1.29 is 9.00 Å². The first-order chi connectivity index (χ1) is 4.16. The monoisotopic (exact) mass is 166 g/mol. The molecule has 9 heavy (non-hydrogen) atoms. The molecule has 0 radical (unpaired) electrons. The van der Waals surface area contributed by atoms with Gasteiger partial charge in [0.2, 0.25) is 5.12 Å². The van der Waals surface area contributed by atoms with Gasteiger partial charge >= 0.3 is 0 Å². The minimum absolute atomic E-state index is 0.0262. The molecule has 0 spiro atoms. The predicted molar refractivity (Wildman–Crippen MR) is 42.1 cm³/mol. The lowest BCUT2D eigenvalue weighted by atomic mass is 10.9. The Balaban J connectivity index is 3.39. The summed E-state index contributed by atoms with van der Waals surface area (Å²) in [7, 11) is -0.968. The lowest BCUT2D eigenvalue weighted by Gasteiger charge is -1.91. The van der Waals surface area contributed by atoms with Crippen LogP contribution < -0.4 is 0 Å². The Labute approximate surface area is 61.9 Å². The average Bonchev–Trinajstić information content (AvgIpc) is 1.63. The second-order valence-electron chi connectivity index (χ2n) is 1.52. The van der Waals surface area contributed by atoms with Crippen molar-refractivity contribution in [1.82, 2.24) is 0 Å². The molecule has 0 N–H and O–H groups in total. The summed E-state index contributed by atoms with van der Waals surface area (Å²) in [4.78, 5) is 10.6. The summed E-state index contributed by atoms with van der Waals surface area (Å²) < 4.78 is 10.4. The van der Waals surface area contributed by atoms with Gasteiger partial charge in [0, 0.05) is 17.1 Å². The van der Waals surface area contributed by atoms with E-state index in [4.69, 9.17) is 0 Å². The summed E-state index contributed by atoms with van der Waals surface area (Å²) in [5, 5.41) is 0.0262. The zero-order valence-corrected chi connectivity index (χ0v) is 7.18. The summed E-state index contributed by atoms with van der Waals surface area (Å²) in [6.07, 6.45) is 1.54. The molecule has 2 nitrogen and oxygen atoms in total. The van der Waals surface area contributed by atoms with Crippen LogP contribution in [0.15, 0.2) is 0 Å². The van der Waals surface area contributed by atoms with Crippen LogP contribution in [0.2, 0.25) is 0 Å². The van der Waals surface area contributed by atoms with E-state index in [1.807, 2.05) is 6.92 Å². The third-order valence-corrected chi connectivity index (χ3v) is 2.23. The summed E-state index contributed by atoms with van der Waals surface area (Å²) >= 11 is 1.23. The van der Waals surface area contributed by atoms with E-state index < -0.39 is 10.8 Å². The molecule has 0 amide bonds.